The van der Waals surface area contributed by atoms with Crippen molar-refractivity contribution in [2.24, 2.45) is 5.10 Å². The molecule has 0 amide bonds. The monoisotopic (exact) mass is 463 g/mol. The second kappa shape index (κ2) is 12.8. The van der Waals surface area contributed by atoms with Crippen LogP contribution < -0.4 is 4.74 Å². The predicted molar refractivity (Wildman–Crippen MR) is 117 cm³/mol. The lowest BCUT2D eigenvalue weighted by Gasteiger charge is -2.33. The van der Waals surface area contributed by atoms with E-state index in [0.717, 1.165) is 12.8 Å². The van der Waals surface area contributed by atoms with Crippen molar-refractivity contribution in [1.82, 2.24) is 9.91 Å². The Morgan fingerprint density at radius 3 is 2.39 bits per heavy atom. The van der Waals surface area contributed by atoms with Crippen molar-refractivity contribution in [3.8, 4) is 5.75 Å². The minimum atomic E-state index is -1.07. The summed E-state index contributed by atoms with van der Waals surface area (Å²) in [6.07, 6.45) is 4.19. The second-order valence-corrected chi connectivity index (χ2v) is 7.42. The Morgan fingerprint density at radius 1 is 1.13 bits per heavy atom. The lowest BCUT2D eigenvalue weighted by Crippen LogP contribution is -2.49. The van der Waals surface area contributed by atoms with Crippen molar-refractivity contribution < 1.29 is 27.8 Å². The molecule has 0 N–H and O–H groups in total. The summed E-state index contributed by atoms with van der Waals surface area (Å²) in [7, 11) is 6.49. The Bertz CT molecular complexity index is 746. The quantitative estimate of drug-likeness (QED) is 0.285. The number of halogens is 3. The number of methoxy groups -OCH3 is 2. The molecule has 0 spiro atoms. The second-order valence-electron chi connectivity index (χ2n) is 7.42. The number of ether oxygens (including phenoxy) is 3. The number of esters is 1. The molecule has 0 aromatic heterocycles. The zero-order chi connectivity index (χ0) is 22.1. The number of hydrogen-bond donors (Lipinski definition) is 0. The van der Waals surface area contributed by atoms with Crippen molar-refractivity contribution in [2.75, 3.05) is 54.6 Å². The van der Waals surface area contributed by atoms with Crippen molar-refractivity contribution in [2.45, 2.75) is 31.2 Å². The molecule has 1 aliphatic carbocycles. The summed E-state index contributed by atoms with van der Waals surface area (Å²) in [5.74, 6) is -2.63. The van der Waals surface area contributed by atoms with E-state index in [1.807, 2.05) is 11.9 Å². The molecule has 0 radical (unpaired) electrons. The van der Waals surface area contributed by atoms with Gasteiger partial charge in [0.15, 0.2) is 17.1 Å². The molecule has 0 heterocycles. The fraction of sp³-hybridized carbons (Fsp3) is 0.619. The molecule has 0 bridgehead atoms. The zero-order valence-corrected chi connectivity index (χ0v) is 19.3. The Balaban J connectivity index is 0.00000480. The maximum Gasteiger partial charge on any atom is 0.333 e. The van der Waals surface area contributed by atoms with Gasteiger partial charge in [0.2, 0.25) is 5.82 Å². The predicted octanol–water partition coefficient (Wildman–Crippen LogP) is 3.10. The number of carbonyl (C=O) groups excluding carboxylic acids is 1. The molecule has 1 aliphatic rings. The Hall–Kier alpha value is -1.97. The molecule has 1 fully saturated rings. The first-order valence-corrected chi connectivity index (χ1v) is 10.00. The van der Waals surface area contributed by atoms with E-state index in [1.54, 1.807) is 14.2 Å². The zero-order valence-electron chi connectivity index (χ0n) is 18.5. The summed E-state index contributed by atoms with van der Waals surface area (Å²) in [5, 5.41) is 5.69. The van der Waals surface area contributed by atoms with Gasteiger partial charge in [-0.2, -0.15) is 9.49 Å². The standard InChI is InChI=1S/C21H31F2N3O4.ClH/c1-25(11-13-28-3)12-14-30-17-8-7-16(18(22)19(17)23)15-24-26(2)21(20(27)29-4)9-5-6-10-21;/h7-8,15H,5-6,9-14H2,1-4H3;1H/b24-15+;. The highest BCUT2D eigenvalue weighted by Gasteiger charge is 2.46. The van der Waals surface area contributed by atoms with Crippen LogP contribution in [0.15, 0.2) is 17.2 Å². The fourth-order valence-electron chi connectivity index (χ4n) is 3.50. The summed E-state index contributed by atoms with van der Waals surface area (Å²) >= 11 is 0. The number of benzene rings is 1. The van der Waals surface area contributed by atoms with Crippen LogP contribution in [0.1, 0.15) is 31.2 Å². The summed E-state index contributed by atoms with van der Waals surface area (Å²) in [5.41, 5.74) is -0.889. The van der Waals surface area contributed by atoms with E-state index >= 15 is 0 Å². The number of likely N-dealkylation sites (N-methyl/N-ethyl adjacent to an activating group) is 2. The molecule has 176 valence electrons. The topological polar surface area (TPSA) is 63.6 Å². The average molecular weight is 464 g/mol. The number of rotatable bonds is 11. The van der Waals surface area contributed by atoms with Crippen molar-refractivity contribution in [3.05, 3.63) is 29.3 Å². The molecule has 1 aromatic rings. The molecule has 0 unspecified atom stereocenters. The van der Waals surface area contributed by atoms with Crippen molar-refractivity contribution in [1.29, 1.82) is 0 Å². The Labute approximate surface area is 188 Å². The van der Waals surface area contributed by atoms with Crippen LogP contribution in [0.5, 0.6) is 5.75 Å². The highest BCUT2D eigenvalue weighted by molar-refractivity contribution is 5.85. The normalized spacial score (nSPS) is 15.2. The maximum atomic E-state index is 14.5. The van der Waals surface area contributed by atoms with E-state index in [4.69, 9.17) is 14.2 Å². The van der Waals surface area contributed by atoms with Gasteiger partial charge >= 0.3 is 5.97 Å². The third-order valence-electron chi connectivity index (χ3n) is 5.47. The number of carbonyl (C=O) groups is 1. The van der Waals surface area contributed by atoms with E-state index in [2.05, 4.69) is 5.10 Å². The lowest BCUT2D eigenvalue weighted by atomic mass is 9.97. The van der Waals surface area contributed by atoms with Gasteiger partial charge in [-0.1, -0.05) is 12.8 Å². The third-order valence-corrected chi connectivity index (χ3v) is 5.47. The molecule has 1 aromatic carbocycles. The Morgan fingerprint density at radius 2 is 1.77 bits per heavy atom. The number of hydrogen-bond acceptors (Lipinski definition) is 7. The van der Waals surface area contributed by atoms with Gasteiger partial charge in [0.25, 0.3) is 0 Å². The third kappa shape index (κ3) is 6.75. The van der Waals surface area contributed by atoms with E-state index in [1.165, 1.54) is 30.5 Å². The summed E-state index contributed by atoms with van der Waals surface area (Å²) < 4.78 is 44.2. The van der Waals surface area contributed by atoms with E-state index in [0.29, 0.717) is 32.5 Å². The van der Waals surface area contributed by atoms with Gasteiger partial charge in [0.05, 0.1) is 19.9 Å². The minimum Gasteiger partial charge on any atom is -0.489 e. The van der Waals surface area contributed by atoms with E-state index in [9.17, 15) is 13.6 Å². The molecular formula is C21H32ClF2N3O4. The van der Waals surface area contributed by atoms with Crippen molar-refractivity contribution >= 4 is 24.6 Å². The smallest absolute Gasteiger partial charge is 0.333 e. The first-order chi connectivity index (χ1) is 14.4. The molecule has 7 nitrogen and oxygen atoms in total. The van der Waals surface area contributed by atoms with E-state index in [-0.39, 0.29) is 36.3 Å². The molecule has 0 aliphatic heterocycles. The summed E-state index contributed by atoms with van der Waals surface area (Å²) in [6, 6.07) is 2.78. The first-order valence-electron chi connectivity index (χ1n) is 10.00. The van der Waals surface area contributed by atoms with Gasteiger partial charge < -0.3 is 19.1 Å². The van der Waals surface area contributed by atoms with Crippen LogP contribution in [-0.4, -0.2) is 82.2 Å². The highest BCUT2D eigenvalue weighted by Crippen LogP contribution is 2.36. The van der Waals surface area contributed by atoms with Crippen LogP contribution in [0.4, 0.5) is 8.78 Å². The van der Waals surface area contributed by atoms with Gasteiger partial charge in [0.1, 0.15) is 6.61 Å². The molecule has 0 saturated heterocycles. The van der Waals surface area contributed by atoms with Crippen LogP contribution in [-0.2, 0) is 14.3 Å². The van der Waals surface area contributed by atoms with Gasteiger partial charge in [0, 0.05) is 32.8 Å². The van der Waals surface area contributed by atoms with Crippen LogP contribution in [0.25, 0.3) is 0 Å². The largest absolute Gasteiger partial charge is 0.489 e. The van der Waals surface area contributed by atoms with Crippen LogP contribution in [0.2, 0.25) is 0 Å². The summed E-state index contributed by atoms with van der Waals surface area (Å²) in [4.78, 5) is 14.2. The minimum absolute atomic E-state index is 0. The molecule has 1 saturated carbocycles. The van der Waals surface area contributed by atoms with Crippen LogP contribution >= 0.6 is 12.4 Å². The number of hydrazone groups is 1. The van der Waals surface area contributed by atoms with Crippen LogP contribution in [0, 0.1) is 11.6 Å². The van der Waals surface area contributed by atoms with Crippen molar-refractivity contribution in [3.63, 3.8) is 0 Å². The van der Waals surface area contributed by atoms with Gasteiger partial charge in [-0.05, 0) is 32.0 Å². The molecule has 2 rings (SSSR count). The maximum absolute atomic E-state index is 14.5. The summed E-state index contributed by atoms with van der Waals surface area (Å²) in [6.45, 7) is 2.06. The SMILES string of the molecule is COCCN(C)CCOc1ccc(/C=N/N(C)C2(C(=O)OC)CCCC2)c(F)c1F.Cl. The molecular weight excluding hydrogens is 432 g/mol. The number of nitrogens with zero attached hydrogens (tertiary/aromatic N) is 3. The van der Waals surface area contributed by atoms with Gasteiger partial charge in [-0.15, -0.1) is 12.4 Å². The van der Waals surface area contributed by atoms with Crippen LogP contribution in [0.3, 0.4) is 0 Å². The molecule has 31 heavy (non-hydrogen) atoms. The van der Waals surface area contributed by atoms with E-state index < -0.39 is 17.2 Å². The van der Waals surface area contributed by atoms with Gasteiger partial charge in [-0.3, -0.25) is 5.01 Å². The highest BCUT2D eigenvalue weighted by atomic mass is 35.5. The molecule has 10 heteroatoms. The fourth-order valence-corrected chi connectivity index (χ4v) is 3.50. The Kier molecular flexibility index (Phi) is 11.2. The lowest BCUT2D eigenvalue weighted by molar-refractivity contribution is -0.154. The first kappa shape index (κ1) is 27.1. The average Bonchev–Trinajstić information content (AvgIpc) is 3.25. The molecule has 0 atom stereocenters. The van der Waals surface area contributed by atoms with Gasteiger partial charge in [-0.25, -0.2) is 9.18 Å².